The molecule has 0 spiro atoms. The van der Waals surface area contributed by atoms with Gasteiger partial charge in [0.15, 0.2) is 5.78 Å². The number of H-pyrrole nitrogens is 1. The molecule has 0 bridgehead atoms. The largest absolute Gasteiger partial charge is 0.328 e. The van der Waals surface area contributed by atoms with E-state index in [-0.39, 0.29) is 29.8 Å². The Balaban J connectivity index is 1.83. The molecule has 1 unspecified atom stereocenters. The summed E-state index contributed by atoms with van der Waals surface area (Å²) >= 11 is 0. The molecular formula is C19H19N3O3. The number of allylic oxidation sites excluding steroid dienone is 3. The van der Waals surface area contributed by atoms with Gasteiger partial charge >= 0.3 is 6.03 Å². The third-order valence-corrected chi connectivity index (χ3v) is 4.42. The van der Waals surface area contributed by atoms with E-state index in [1.165, 1.54) is 6.08 Å². The van der Waals surface area contributed by atoms with Crippen LogP contribution in [-0.2, 0) is 4.79 Å². The molecule has 0 fully saturated rings. The number of hydrogen-bond acceptors (Lipinski definition) is 3. The molecular weight excluding hydrogens is 318 g/mol. The molecule has 0 saturated heterocycles. The maximum absolute atomic E-state index is 12.5. The first-order valence-corrected chi connectivity index (χ1v) is 8.02. The summed E-state index contributed by atoms with van der Waals surface area (Å²) in [6.07, 6.45) is 6.67. The number of ketones is 1. The Bertz CT molecular complexity index is 956. The second-order valence-electron chi connectivity index (χ2n) is 6.00. The third kappa shape index (κ3) is 3.38. The number of urea groups is 1. The molecule has 1 atom stereocenters. The van der Waals surface area contributed by atoms with E-state index in [2.05, 4.69) is 10.3 Å². The standard InChI is InChI=1S/C19H19N3O3/c1-12(17-11-20-18(24)16-6-4-3-5-15(16)17)22(2)19(25)21-13-7-9-14(23)10-8-13/h3-9,11-12H,10H2,1-2H3,(H,20,24)(H,21,25). The highest BCUT2D eigenvalue weighted by molar-refractivity contribution is 5.93. The lowest BCUT2D eigenvalue weighted by molar-refractivity contribution is -0.113. The summed E-state index contributed by atoms with van der Waals surface area (Å²) in [5.74, 6) is 0.0134. The minimum atomic E-state index is -0.284. The van der Waals surface area contributed by atoms with Gasteiger partial charge in [-0.25, -0.2) is 4.79 Å². The zero-order valence-corrected chi connectivity index (χ0v) is 14.1. The van der Waals surface area contributed by atoms with Crippen LogP contribution in [0.4, 0.5) is 4.79 Å². The molecule has 1 aromatic carbocycles. The Kier molecular flexibility index (Phi) is 4.52. The predicted octanol–water partition coefficient (Wildman–Crippen LogP) is 2.64. The van der Waals surface area contributed by atoms with E-state index in [0.29, 0.717) is 11.1 Å². The highest BCUT2D eigenvalue weighted by atomic mass is 16.2. The number of nitrogens with one attached hydrogen (secondary N) is 2. The van der Waals surface area contributed by atoms with Crippen LogP contribution in [0.2, 0.25) is 0 Å². The fraction of sp³-hybridized carbons (Fsp3) is 0.211. The van der Waals surface area contributed by atoms with Crippen molar-refractivity contribution in [2.24, 2.45) is 0 Å². The normalized spacial score (nSPS) is 15.0. The van der Waals surface area contributed by atoms with Gasteiger partial charge in [0.1, 0.15) is 0 Å². The maximum atomic E-state index is 12.5. The van der Waals surface area contributed by atoms with Crippen molar-refractivity contribution in [3.63, 3.8) is 0 Å². The fourth-order valence-electron chi connectivity index (χ4n) is 2.80. The van der Waals surface area contributed by atoms with E-state index in [4.69, 9.17) is 0 Å². The van der Waals surface area contributed by atoms with Gasteiger partial charge in [-0.3, -0.25) is 9.59 Å². The number of pyridine rings is 1. The zero-order chi connectivity index (χ0) is 18.0. The highest BCUT2D eigenvalue weighted by Crippen LogP contribution is 2.25. The summed E-state index contributed by atoms with van der Waals surface area (Å²) in [7, 11) is 1.69. The number of amides is 2. The number of benzene rings is 1. The molecule has 6 heteroatoms. The number of nitrogens with zero attached hydrogens (tertiary/aromatic N) is 1. The van der Waals surface area contributed by atoms with Crippen molar-refractivity contribution in [2.45, 2.75) is 19.4 Å². The van der Waals surface area contributed by atoms with E-state index < -0.39 is 0 Å². The monoisotopic (exact) mass is 337 g/mol. The average Bonchev–Trinajstić information content (AvgIpc) is 2.63. The van der Waals surface area contributed by atoms with Crippen LogP contribution in [0.1, 0.15) is 24.9 Å². The Morgan fingerprint density at radius 1 is 1.20 bits per heavy atom. The number of aromatic nitrogens is 1. The lowest BCUT2D eigenvalue weighted by Gasteiger charge is -2.26. The average molecular weight is 337 g/mol. The summed E-state index contributed by atoms with van der Waals surface area (Å²) in [6.45, 7) is 1.90. The molecule has 1 aliphatic carbocycles. The highest BCUT2D eigenvalue weighted by Gasteiger charge is 2.20. The predicted molar refractivity (Wildman–Crippen MR) is 96.1 cm³/mol. The molecule has 2 aromatic rings. The van der Waals surface area contributed by atoms with Gasteiger partial charge in [0.25, 0.3) is 5.56 Å². The molecule has 1 aromatic heterocycles. The van der Waals surface area contributed by atoms with Gasteiger partial charge in [-0.1, -0.05) is 24.3 Å². The van der Waals surface area contributed by atoms with Gasteiger partial charge in [0.05, 0.1) is 6.04 Å². The van der Waals surface area contributed by atoms with E-state index >= 15 is 0 Å². The van der Waals surface area contributed by atoms with E-state index in [1.807, 2.05) is 25.1 Å². The second kappa shape index (κ2) is 6.76. The van der Waals surface area contributed by atoms with E-state index in [1.54, 1.807) is 36.4 Å². The van der Waals surface area contributed by atoms with Gasteiger partial charge < -0.3 is 15.2 Å². The van der Waals surface area contributed by atoms with Crippen LogP contribution in [0.15, 0.2) is 59.2 Å². The lowest BCUT2D eigenvalue weighted by Crippen LogP contribution is -2.38. The van der Waals surface area contributed by atoms with Crippen molar-refractivity contribution in [1.29, 1.82) is 0 Å². The first-order chi connectivity index (χ1) is 12.0. The van der Waals surface area contributed by atoms with Crippen LogP contribution >= 0.6 is 0 Å². The summed E-state index contributed by atoms with van der Waals surface area (Å²) in [5, 5.41) is 4.20. The topological polar surface area (TPSA) is 82.3 Å². The quantitative estimate of drug-likeness (QED) is 0.903. The van der Waals surface area contributed by atoms with E-state index in [9.17, 15) is 14.4 Å². The maximum Gasteiger partial charge on any atom is 0.322 e. The van der Waals surface area contributed by atoms with Crippen molar-refractivity contribution >= 4 is 22.6 Å². The van der Waals surface area contributed by atoms with Crippen LogP contribution in [-0.4, -0.2) is 28.7 Å². The van der Waals surface area contributed by atoms with Crippen molar-refractivity contribution < 1.29 is 9.59 Å². The van der Waals surface area contributed by atoms with Gasteiger partial charge in [0, 0.05) is 30.7 Å². The van der Waals surface area contributed by atoms with Crippen LogP contribution in [0.25, 0.3) is 10.8 Å². The first kappa shape index (κ1) is 16.7. The molecule has 2 N–H and O–H groups in total. The van der Waals surface area contributed by atoms with Gasteiger partial charge in [-0.15, -0.1) is 0 Å². The van der Waals surface area contributed by atoms with Crippen molar-refractivity contribution in [1.82, 2.24) is 15.2 Å². The summed E-state index contributed by atoms with van der Waals surface area (Å²) < 4.78 is 0. The minimum Gasteiger partial charge on any atom is -0.328 e. The Hall–Kier alpha value is -3.15. The van der Waals surface area contributed by atoms with Crippen molar-refractivity contribution in [2.75, 3.05) is 7.05 Å². The Labute approximate surface area is 144 Å². The molecule has 0 saturated carbocycles. The Morgan fingerprint density at radius 3 is 2.60 bits per heavy atom. The number of carbonyl (C=O) groups is 2. The van der Waals surface area contributed by atoms with Crippen LogP contribution in [0.3, 0.4) is 0 Å². The molecule has 6 nitrogen and oxygen atoms in total. The molecule has 0 radical (unpaired) electrons. The minimum absolute atomic E-state index is 0.0134. The third-order valence-electron chi connectivity index (χ3n) is 4.42. The van der Waals surface area contributed by atoms with Crippen LogP contribution in [0, 0.1) is 0 Å². The number of rotatable bonds is 3. The molecule has 1 aliphatic rings. The van der Waals surface area contributed by atoms with Crippen LogP contribution in [0.5, 0.6) is 0 Å². The molecule has 25 heavy (non-hydrogen) atoms. The summed E-state index contributed by atoms with van der Waals surface area (Å²) in [6, 6.07) is 6.78. The molecule has 0 aliphatic heterocycles. The molecule has 2 amide bonds. The second-order valence-corrected chi connectivity index (χ2v) is 6.00. The number of aromatic amines is 1. The fourth-order valence-corrected chi connectivity index (χ4v) is 2.80. The lowest BCUT2D eigenvalue weighted by atomic mass is 10.0. The van der Waals surface area contributed by atoms with Crippen molar-refractivity contribution in [3.05, 3.63) is 70.3 Å². The number of hydrogen-bond donors (Lipinski definition) is 2. The number of carbonyl (C=O) groups excluding carboxylic acids is 2. The zero-order valence-electron chi connectivity index (χ0n) is 14.1. The van der Waals surface area contributed by atoms with E-state index in [0.717, 1.165) is 10.9 Å². The van der Waals surface area contributed by atoms with Crippen molar-refractivity contribution in [3.8, 4) is 0 Å². The summed E-state index contributed by atoms with van der Waals surface area (Å²) in [5.41, 5.74) is 1.31. The van der Waals surface area contributed by atoms with Gasteiger partial charge in [-0.2, -0.15) is 0 Å². The molecule has 128 valence electrons. The first-order valence-electron chi connectivity index (χ1n) is 8.02. The SMILES string of the molecule is CC(c1c[nH]c(=O)c2ccccc12)N(C)C(=O)NC1=CCC(=O)C=C1. The smallest absolute Gasteiger partial charge is 0.322 e. The van der Waals surface area contributed by atoms with Gasteiger partial charge in [-0.05, 0) is 36.1 Å². The Morgan fingerprint density at radius 2 is 1.92 bits per heavy atom. The van der Waals surface area contributed by atoms with Gasteiger partial charge in [0.2, 0.25) is 0 Å². The van der Waals surface area contributed by atoms with Crippen LogP contribution < -0.4 is 10.9 Å². The number of fused-ring (bicyclic) bond motifs is 1. The molecule has 1 heterocycles. The molecule has 3 rings (SSSR count). The summed E-state index contributed by atoms with van der Waals surface area (Å²) in [4.78, 5) is 39.9.